The van der Waals surface area contributed by atoms with E-state index in [-0.39, 0.29) is 59.9 Å². The lowest BCUT2D eigenvalue weighted by molar-refractivity contribution is -0.137. The van der Waals surface area contributed by atoms with Crippen LogP contribution in [0.4, 0.5) is 35.0 Å². The molecule has 0 radical (unpaired) electrons. The van der Waals surface area contributed by atoms with Gasteiger partial charge < -0.3 is 34.1 Å². The van der Waals surface area contributed by atoms with Crippen LogP contribution in [0.25, 0.3) is 22.2 Å². The summed E-state index contributed by atoms with van der Waals surface area (Å²) in [4.78, 5) is 26.2. The van der Waals surface area contributed by atoms with Crippen LogP contribution >= 0.6 is 23.2 Å². The van der Waals surface area contributed by atoms with Crippen molar-refractivity contribution in [1.29, 1.82) is 0 Å². The topological polar surface area (TPSA) is 120 Å². The van der Waals surface area contributed by atoms with Gasteiger partial charge in [0.25, 0.3) is 0 Å². The van der Waals surface area contributed by atoms with E-state index in [1.807, 2.05) is 55.5 Å². The summed E-state index contributed by atoms with van der Waals surface area (Å²) < 4.78 is 85.6. The van der Waals surface area contributed by atoms with E-state index in [0.29, 0.717) is 29.6 Å². The molecule has 1 N–H and O–H groups in total. The smallest absolute Gasteiger partial charge is 0.418 e. The summed E-state index contributed by atoms with van der Waals surface area (Å²) in [5.74, 6) is 1.41. The Labute approximate surface area is 382 Å². The van der Waals surface area contributed by atoms with Gasteiger partial charge in [-0.05, 0) is 90.2 Å². The van der Waals surface area contributed by atoms with Gasteiger partial charge in [0.2, 0.25) is 5.28 Å². The molecule has 1 unspecified atom stereocenters. The second-order valence-corrected chi connectivity index (χ2v) is 15.9. The first-order valence-electron chi connectivity index (χ1n) is 20.3. The molecule has 4 aromatic carbocycles. The maximum absolute atomic E-state index is 17.6. The van der Waals surface area contributed by atoms with Gasteiger partial charge in [-0.2, -0.15) is 18.2 Å². The number of nitrogens with zero attached hydrogens (tertiary/aromatic N) is 7. The first kappa shape index (κ1) is 44.9. The van der Waals surface area contributed by atoms with Crippen LogP contribution < -0.4 is 34.1 Å². The minimum Gasteiger partial charge on any atom is -0.497 e. The average molecular weight is 930 g/mol. The van der Waals surface area contributed by atoms with Crippen molar-refractivity contribution >= 4 is 51.6 Å². The average Bonchev–Trinajstić information content (AvgIpc) is 3.50. The van der Waals surface area contributed by atoms with Gasteiger partial charge in [0.15, 0.2) is 11.6 Å². The molecule has 0 bridgehead atoms. The monoisotopic (exact) mass is 928 g/mol. The fourth-order valence-electron chi connectivity index (χ4n) is 7.85. The lowest BCUT2D eigenvalue weighted by atomic mass is 9.98. The van der Waals surface area contributed by atoms with E-state index < -0.39 is 45.4 Å². The predicted octanol–water partition coefficient (Wildman–Crippen LogP) is 11.1. The number of nitrogens with one attached hydrogen (secondary N) is 1. The highest BCUT2D eigenvalue weighted by atomic mass is 35.5. The molecule has 0 saturated heterocycles. The summed E-state index contributed by atoms with van der Waals surface area (Å²) in [6, 6.07) is 22.8. The Balaban J connectivity index is 1.24. The second-order valence-electron chi connectivity index (χ2n) is 15.2. The normalized spacial score (nSPS) is 12.9. The van der Waals surface area contributed by atoms with Crippen LogP contribution in [0.1, 0.15) is 46.5 Å². The number of halogens is 6. The van der Waals surface area contributed by atoms with E-state index in [0.717, 1.165) is 22.4 Å². The number of hydrogen-bond donors (Lipinski definition) is 1. The largest absolute Gasteiger partial charge is 0.497 e. The number of anilines is 3. The number of aryl methyl sites for hydroxylation is 1. The Morgan fingerprint density at radius 3 is 1.95 bits per heavy atom. The number of aromatic nitrogens is 5. The zero-order valence-corrected chi connectivity index (χ0v) is 37.3. The predicted molar refractivity (Wildman–Crippen MR) is 242 cm³/mol. The van der Waals surface area contributed by atoms with Crippen molar-refractivity contribution < 1.29 is 36.5 Å². The summed E-state index contributed by atoms with van der Waals surface area (Å²) in [7, 11) is 4.70. The van der Waals surface area contributed by atoms with Gasteiger partial charge in [-0.3, -0.25) is 4.98 Å². The molecule has 0 amide bonds. The van der Waals surface area contributed by atoms with Crippen molar-refractivity contribution in [1.82, 2.24) is 24.9 Å². The van der Waals surface area contributed by atoms with Crippen molar-refractivity contribution in [3.63, 3.8) is 0 Å². The number of methoxy groups -OCH3 is 3. The molecule has 3 aromatic heterocycles. The van der Waals surface area contributed by atoms with Crippen LogP contribution in [0, 0.1) is 12.7 Å². The molecule has 7 aromatic rings. The van der Waals surface area contributed by atoms with E-state index in [1.54, 1.807) is 67.8 Å². The maximum atomic E-state index is 17.6. The van der Waals surface area contributed by atoms with E-state index in [1.165, 1.54) is 13.0 Å². The second kappa shape index (κ2) is 18.8. The van der Waals surface area contributed by atoms with Gasteiger partial charge in [-0.15, -0.1) is 0 Å². The zero-order chi connectivity index (χ0) is 46.0. The maximum Gasteiger partial charge on any atom is 0.418 e. The Bertz CT molecular complexity index is 2790. The molecule has 18 heteroatoms. The summed E-state index contributed by atoms with van der Waals surface area (Å²) in [5.41, 5.74) is -0.0893. The van der Waals surface area contributed by atoms with Crippen LogP contribution in [-0.2, 0) is 25.8 Å². The number of pyridine rings is 1. The van der Waals surface area contributed by atoms with E-state index in [9.17, 15) is 0 Å². The highest BCUT2D eigenvalue weighted by molar-refractivity contribution is 6.37. The number of alkyl halides is 3. The molecule has 1 aliphatic heterocycles. The Hall–Kier alpha value is -6.65. The molecule has 1 aliphatic rings. The van der Waals surface area contributed by atoms with Gasteiger partial charge in [-0.25, -0.2) is 19.3 Å². The van der Waals surface area contributed by atoms with Crippen molar-refractivity contribution in [2.45, 2.75) is 45.7 Å². The van der Waals surface area contributed by atoms with Crippen molar-refractivity contribution in [3.8, 4) is 34.3 Å². The fraction of sp³-hybridized carbons (Fsp3) is 0.255. The van der Waals surface area contributed by atoms with E-state index in [4.69, 9.17) is 42.1 Å². The number of hydrogen-bond acceptors (Lipinski definition) is 12. The van der Waals surface area contributed by atoms with Crippen LogP contribution in [0.15, 0.2) is 91.3 Å². The minimum atomic E-state index is -4.99. The summed E-state index contributed by atoms with van der Waals surface area (Å²) in [5, 5.41) is 2.56. The van der Waals surface area contributed by atoms with E-state index >= 15 is 17.6 Å². The number of benzene rings is 4. The van der Waals surface area contributed by atoms with Gasteiger partial charge in [-0.1, -0.05) is 48.0 Å². The summed E-state index contributed by atoms with van der Waals surface area (Å²) in [6.45, 7) is 4.12. The van der Waals surface area contributed by atoms with Crippen LogP contribution in [0.3, 0.4) is 0 Å². The molecule has 8 rings (SSSR count). The van der Waals surface area contributed by atoms with Gasteiger partial charge in [0.05, 0.1) is 61.1 Å². The highest BCUT2D eigenvalue weighted by Gasteiger charge is 2.41. The molecule has 12 nitrogen and oxygen atoms in total. The van der Waals surface area contributed by atoms with Crippen molar-refractivity contribution in [2.24, 2.45) is 0 Å². The number of ether oxygens (including phenoxy) is 4. The molecule has 0 aliphatic carbocycles. The zero-order valence-electron chi connectivity index (χ0n) is 35.8. The molecule has 0 saturated carbocycles. The first-order chi connectivity index (χ1) is 31.3. The quantitative estimate of drug-likeness (QED) is 0.0826. The third-order valence-electron chi connectivity index (χ3n) is 11.1. The van der Waals surface area contributed by atoms with Crippen LogP contribution in [0.5, 0.6) is 23.0 Å². The van der Waals surface area contributed by atoms with Crippen molar-refractivity contribution in [3.05, 3.63) is 141 Å². The third-order valence-corrected chi connectivity index (χ3v) is 11.6. The van der Waals surface area contributed by atoms with Crippen molar-refractivity contribution in [2.75, 3.05) is 49.6 Å². The third kappa shape index (κ3) is 9.31. The highest BCUT2D eigenvalue weighted by Crippen LogP contribution is 2.51. The minimum absolute atomic E-state index is 0.0173. The molecular weight excluding hydrogens is 887 g/mol. The van der Waals surface area contributed by atoms with Crippen LogP contribution in [0.2, 0.25) is 10.3 Å². The summed E-state index contributed by atoms with van der Waals surface area (Å²) in [6.07, 6.45) is -1.88. The lowest BCUT2D eigenvalue weighted by Gasteiger charge is -2.30. The van der Waals surface area contributed by atoms with E-state index in [2.05, 4.69) is 30.2 Å². The van der Waals surface area contributed by atoms with Gasteiger partial charge in [0, 0.05) is 32.0 Å². The Morgan fingerprint density at radius 2 is 1.38 bits per heavy atom. The number of rotatable bonds is 14. The molecule has 0 spiro atoms. The SMILES string of the molecule is COc1ccc(CNc2nccnc2C(C)N2CCOc3c(Cl)c(-c4nc(N(Cc5ccc(OC)cc5)Cc5ccc(OC)cc5)cc(C)c4C(F)(F)F)c(F)c4nc(Cl)nc2c34)cc1. The van der Waals surface area contributed by atoms with Gasteiger partial charge >= 0.3 is 6.18 Å². The standard InChI is InChI=1S/C47H42Cl2F4N8O4/c1-26-22-34(60(24-29-8-14-32(63-4)15-9-29)25-30-10-16-33(64-5)17-11-30)57-41(37(26)47(51,52)53)35-38(48)43-36-42(39(35)50)58-46(49)59-45(36)61(20-21-65-43)27(2)40-44(55-19-18-54-40)56-23-28-6-12-31(62-3)13-7-28/h6-19,22,27H,20-21,23-25H2,1-5H3,(H,55,56). The summed E-state index contributed by atoms with van der Waals surface area (Å²) >= 11 is 13.7. The first-order valence-corrected chi connectivity index (χ1v) is 21.1. The molecule has 65 heavy (non-hydrogen) atoms. The lowest BCUT2D eigenvalue weighted by Crippen LogP contribution is -2.32. The molecular formula is C47H42Cl2F4N8O4. The molecule has 336 valence electrons. The Kier molecular flexibility index (Phi) is 13.0. The molecule has 4 heterocycles. The van der Waals surface area contributed by atoms with Crippen LogP contribution in [-0.4, -0.2) is 59.4 Å². The molecule has 0 fully saturated rings. The molecule has 1 atom stereocenters. The fourth-order valence-corrected chi connectivity index (χ4v) is 8.34. The Morgan fingerprint density at radius 1 is 0.815 bits per heavy atom. The van der Waals surface area contributed by atoms with Gasteiger partial charge in [0.1, 0.15) is 52.5 Å².